The molecule has 0 bridgehead atoms. The van der Waals surface area contributed by atoms with Gasteiger partial charge < -0.3 is 4.74 Å². The minimum atomic E-state index is 0.519. The molecule has 1 rings (SSSR count). The zero-order valence-corrected chi connectivity index (χ0v) is 7.55. The van der Waals surface area contributed by atoms with Crippen molar-refractivity contribution in [1.82, 2.24) is 0 Å². The molecule has 1 aliphatic rings. The summed E-state index contributed by atoms with van der Waals surface area (Å²) in [4.78, 5) is 0. The highest BCUT2D eigenvalue weighted by atomic mass is 16.5. The Hall–Kier alpha value is -0.300. The van der Waals surface area contributed by atoms with Gasteiger partial charge >= 0.3 is 0 Å². The fourth-order valence-electron chi connectivity index (χ4n) is 1.33. The third-order valence-corrected chi connectivity index (χ3v) is 1.94. The van der Waals surface area contributed by atoms with Crippen LogP contribution in [0.15, 0.2) is 12.2 Å². The van der Waals surface area contributed by atoms with Crippen molar-refractivity contribution in [1.29, 1.82) is 0 Å². The summed E-state index contributed by atoms with van der Waals surface area (Å²) in [7, 11) is 0. The predicted molar refractivity (Wildman–Crippen MR) is 47.6 cm³/mol. The molecule has 1 heteroatoms. The van der Waals surface area contributed by atoms with Crippen LogP contribution in [0.3, 0.4) is 0 Å². The van der Waals surface area contributed by atoms with Gasteiger partial charge in [0, 0.05) is 6.61 Å². The van der Waals surface area contributed by atoms with Gasteiger partial charge in [0.1, 0.15) is 0 Å². The molecule has 64 valence electrons. The lowest BCUT2D eigenvalue weighted by atomic mass is 10.1. The summed E-state index contributed by atoms with van der Waals surface area (Å²) in [5.41, 5.74) is 0. The molecule has 1 atom stereocenters. The van der Waals surface area contributed by atoms with Crippen molar-refractivity contribution < 1.29 is 4.74 Å². The van der Waals surface area contributed by atoms with Crippen molar-refractivity contribution >= 4 is 0 Å². The molecule has 1 nitrogen and oxygen atoms in total. The van der Waals surface area contributed by atoms with Crippen LogP contribution in [0.5, 0.6) is 0 Å². The topological polar surface area (TPSA) is 9.23 Å². The fraction of sp³-hybridized carbons (Fsp3) is 0.800. The van der Waals surface area contributed by atoms with Crippen LogP contribution in [0.1, 0.15) is 33.1 Å². The van der Waals surface area contributed by atoms with Gasteiger partial charge in [-0.05, 0) is 25.2 Å². The molecule has 0 radical (unpaired) electrons. The van der Waals surface area contributed by atoms with Crippen LogP contribution in [0.4, 0.5) is 0 Å². The van der Waals surface area contributed by atoms with E-state index in [1.165, 1.54) is 12.8 Å². The summed E-state index contributed by atoms with van der Waals surface area (Å²) in [5, 5.41) is 0. The predicted octanol–water partition coefficient (Wildman–Crippen LogP) is 2.77. The third-order valence-electron chi connectivity index (χ3n) is 1.94. The van der Waals surface area contributed by atoms with Gasteiger partial charge in [0.15, 0.2) is 0 Å². The van der Waals surface area contributed by atoms with Gasteiger partial charge in [-0.15, -0.1) is 0 Å². The number of ether oxygens (including phenoxy) is 1. The van der Waals surface area contributed by atoms with E-state index in [0.717, 1.165) is 13.0 Å². The highest BCUT2D eigenvalue weighted by molar-refractivity contribution is 4.87. The van der Waals surface area contributed by atoms with Gasteiger partial charge in [-0.1, -0.05) is 26.0 Å². The minimum Gasteiger partial charge on any atom is -0.378 e. The SMILES string of the molecule is CC(C)C=CCC1CCCO1. The van der Waals surface area contributed by atoms with Gasteiger partial charge in [0.2, 0.25) is 0 Å². The van der Waals surface area contributed by atoms with Crippen molar-refractivity contribution in [2.75, 3.05) is 6.61 Å². The molecule has 0 aromatic rings. The molecular weight excluding hydrogens is 136 g/mol. The van der Waals surface area contributed by atoms with Crippen molar-refractivity contribution in [2.45, 2.75) is 39.2 Å². The quantitative estimate of drug-likeness (QED) is 0.568. The van der Waals surface area contributed by atoms with Crippen molar-refractivity contribution in [3.05, 3.63) is 12.2 Å². The normalized spacial score (nSPS) is 25.5. The highest BCUT2D eigenvalue weighted by Crippen LogP contribution is 2.15. The number of allylic oxidation sites excluding steroid dienone is 1. The summed E-state index contributed by atoms with van der Waals surface area (Å²) >= 11 is 0. The van der Waals surface area contributed by atoms with Crippen molar-refractivity contribution in [2.24, 2.45) is 5.92 Å². The van der Waals surface area contributed by atoms with E-state index in [1.807, 2.05) is 0 Å². The van der Waals surface area contributed by atoms with Gasteiger partial charge in [0.05, 0.1) is 6.10 Å². The summed E-state index contributed by atoms with van der Waals surface area (Å²) in [6.45, 7) is 5.37. The lowest BCUT2D eigenvalue weighted by Crippen LogP contribution is -2.02. The van der Waals surface area contributed by atoms with E-state index in [2.05, 4.69) is 26.0 Å². The maximum Gasteiger partial charge on any atom is 0.0610 e. The average Bonchev–Trinajstić information content (AvgIpc) is 2.39. The molecule has 0 spiro atoms. The molecule has 0 aromatic carbocycles. The van der Waals surface area contributed by atoms with Gasteiger partial charge in [-0.3, -0.25) is 0 Å². The zero-order valence-electron chi connectivity index (χ0n) is 7.55. The zero-order chi connectivity index (χ0) is 8.10. The van der Waals surface area contributed by atoms with E-state index in [1.54, 1.807) is 0 Å². The summed E-state index contributed by atoms with van der Waals surface area (Å²) in [6, 6.07) is 0. The molecule has 0 aromatic heterocycles. The van der Waals surface area contributed by atoms with Gasteiger partial charge in [0.25, 0.3) is 0 Å². The summed E-state index contributed by atoms with van der Waals surface area (Å²) < 4.78 is 5.48. The largest absolute Gasteiger partial charge is 0.378 e. The smallest absolute Gasteiger partial charge is 0.0610 e. The standard InChI is InChI=1S/C10H18O/c1-9(2)5-3-6-10-7-4-8-11-10/h3,5,9-10H,4,6-8H2,1-2H3. The van der Waals surface area contributed by atoms with E-state index in [4.69, 9.17) is 4.74 Å². The lowest BCUT2D eigenvalue weighted by Gasteiger charge is -2.04. The van der Waals surface area contributed by atoms with E-state index in [9.17, 15) is 0 Å². The van der Waals surface area contributed by atoms with Gasteiger partial charge in [-0.25, -0.2) is 0 Å². The molecule has 0 amide bonds. The van der Waals surface area contributed by atoms with Crippen LogP contribution < -0.4 is 0 Å². The third kappa shape index (κ3) is 3.57. The molecule has 11 heavy (non-hydrogen) atoms. The second-order valence-corrected chi connectivity index (χ2v) is 3.54. The maximum atomic E-state index is 5.48. The molecule has 0 saturated carbocycles. The first-order valence-corrected chi connectivity index (χ1v) is 4.57. The molecule has 0 aliphatic carbocycles. The molecule has 0 N–H and O–H groups in total. The van der Waals surface area contributed by atoms with Crippen LogP contribution in [-0.2, 0) is 4.74 Å². The molecule has 1 aliphatic heterocycles. The fourth-order valence-corrected chi connectivity index (χ4v) is 1.33. The minimum absolute atomic E-state index is 0.519. The van der Waals surface area contributed by atoms with Crippen LogP contribution in [0, 0.1) is 5.92 Å². The Labute approximate surface area is 69.4 Å². The van der Waals surface area contributed by atoms with E-state index >= 15 is 0 Å². The monoisotopic (exact) mass is 154 g/mol. The van der Waals surface area contributed by atoms with Crippen molar-refractivity contribution in [3.63, 3.8) is 0 Å². The van der Waals surface area contributed by atoms with Crippen LogP contribution in [0.25, 0.3) is 0 Å². The van der Waals surface area contributed by atoms with E-state index in [-0.39, 0.29) is 0 Å². The first-order valence-electron chi connectivity index (χ1n) is 4.57. The Kier molecular flexibility index (Phi) is 3.64. The van der Waals surface area contributed by atoms with Crippen LogP contribution in [-0.4, -0.2) is 12.7 Å². The van der Waals surface area contributed by atoms with E-state index < -0.39 is 0 Å². The van der Waals surface area contributed by atoms with E-state index in [0.29, 0.717) is 12.0 Å². The second-order valence-electron chi connectivity index (χ2n) is 3.54. The Bertz CT molecular complexity index is 121. The summed E-state index contributed by atoms with van der Waals surface area (Å²) in [6.07, 6.45) is 8.63. The molecule has 1 fully saturated rings. The summed E-state index contributed by atoms with van der Waals surface area (Å²) in [5.74, 6) is 0.677. The average molecular weight is 154 g/mol. The lowest BCUT2D eigenvalue weighted by molar-refractivity contribution is 0.113. The van der Waals surface area contributed by atoms with Crippen LogP contribution >= 0.6 is 0 Å². The second kappa shape index (κ2) is 4.55. The number of rotatable bonds is 3. The van der Waals surface area contributed by atoms with Crippen molar-refractivity contribution in [3.8, 4) is 0 Å². The maximum absolute atomic E-state index is 5.48. The number of hydrogen-bond donors (Lipinski definition) is 0. The Morgan fingerprint density at radius 2 is 2.36 bits per heavy atom. The van der Waals surface area contributed by atoms with Gasteiger partial charge in [-0.2, -0.15) is 0 Å². The molecular formula is C10H18O. The highest BCUT2D eigenvalue weighted by Gasteiger charge is 2.12. The van der Waals surface area contributed by atoms with Crippen LogP contribution in [0.2, 0.25) is 0 Å². The Morgan fingerprint density at radius 3 is 2.91 bits per heavy atom. The first kappa shape index (κ1) is 8.79. The number of hydrogen-bond acceptors (Lipinski definition) is 1. The Morgan fingerprint density at radius 1 is 1.55 bits per heavy atom. The molecule has 1 heterocycles. The molecule has 1 unspecified atom stereocenters. The first-order chi connectivity index (χ1) is 5.29. The molecule has 1 saturated heterocycles. The Balaban J connectivity index is 2.10.